The monoisotopic (exact) mass is 255 g/mol. The molecule has 1 N–H and O–H groups in total. The van der Waals surface area contributed by atoms with Crippen molar-refractivity contribution < 1.29 is 14.3 Å². The van der Waals surface area contributed by atoms with Crippen molar-refractivity contribution >= 4 is 12.4 Å². The molecule has 0 aromatic heterocycles. The average molecular weight is 255 g/mol. The van der Waals surface area contributed by atoms with E-state index in [0.717, 1.165) is 25.5 Å². The highest BCUT2D eigenvalue weighted by molar-refractivity contribution is 5.67. The van der Waals surface area contributed by atoms with E-state index in [0.29, 0.717) is 13.0 Å². The molecule has 18 heavy (non-hydrogen) atoms. The molecule has 0 saturated heterocycles. The highest BCUT2D eigenvalue weighted by Crippen LogP contribution is 2.10. The van der Waals surface area contributed by atoms with Crippen LogP contribution in [0.15, 0.2) is 12.7 Å². The number of rotatable bonds is 8. The van der Waals surface area contributed by atoms with Crippen LogP contribution in [0.2, 0.25) is 0 Å². The molecule has 1 unspecified atom stereocenters. The first kappa shape index (κ1) is 16.7. The Balaban J connectivity index is 3.76. The van der Waals surface area contributed by atoms with Crippen molar-refractivity contribution in [3.63, 3.8) is 0 Å². The molecule has 104 valence electrons. The number of allylic oxidation sites excluding steroid dienone is 1. The lowest BCUT2D eigenvalue weighted by atomic mass is 10.00. The van der Waals surface area contributed by atoms with E-state index in [4.69, 9.17) is 4.74 Å². The van der Waals surface area contributed by atoms with Crippen molar-refractivity contribution in [2.24, 2.45) is 5.92 Å². The van der Waals surface area contributed by atoms with E-state index in [1.54, 1.807) is 0 Å². The fourth-order valence-corrected chi connectivity index (χ4v) is 1.48. The fraction of sp³-hybridized carbons (Fsp3) is 0.714. The van der Waals surface area contributed by atoms with Crippen LogP contribution in [0.1, 0.15) is 46.5 Å². The smallest absolute Gasteiger partial charge is 0.407 e. The number of aldehydes is 1. The third-order valence-electron chi connectivity index (χ3n) is 2.36. The van der Waals surface area contributed by atoms with Crippen molar-refractivity contribution in [1.82, 2.24) is 5.32 Å². The van der Waals surface area contributed by atoms with Crippen molar-refractivity contribution in [3.05, 3.63) is 12.7 Å². The minimum Gasteiger partial charge on any atom is -0.444 e. The van der Waals surface area contributed by atoms with Crippen LogP contribution in [0.25, 0.3) is 0 Å². The fourth-order valence-electron chi connectivity index (χ4n) is 1.48. The van der Waals surface area contributed by atoms with Crippen LogP contribution in [0.5, 0.6) is 0 Å². The number of carbonyl (C=O) groups excluding carboxylic acids is 2. The van der Waals surface area contributed by atoms with Crippen molar-refractivity contribution in [2.45, 2.75) is 52.1 Å². The minimum absolute atomic E-state index is 0.000105. The van der Waals surface area contributed by atoms with E-state index in [1.165, 1.54) is 0 Å². The summed E-state index contributed by atoms with van der Waals surface area (Å²) in [6.07, 6.45) is 5.74. The third-order valence-corrected chi connectivity index (χ3v) is 2.36. The van der Waals surface area contributed by atoms with Crippen LogP contribution >= 0.6 is 0 Å². The molecule has 1 atom stereocenters. The zero-order valence-corrected chi connectivity index (χ0v) is 11.7. The molecular weight excluding hydrogens is 230 g/mol. The van der Waals surface area contributed by atoms with Gasteiger partial charge in [0.15, 0.2) is 0 Å². The minimum atomic E-state index is -0.488. The van der Waals surface area contributed by atoms with Gasteiger partial charge in [0.25, 0.3) is 0 Å². The number of carbonyl (C=O) groups is 2. The predicted molar refractivity (Wildman–Crippen MR) is 72.5 cm³/mol. The average Bonchev–Trinajstić information content (AvgIpc) is 2.24. The van der Waals surface area contributed by atoms with Crippen molar-refractivity contribution in [1.29, 1.82) is 0 Å². The van der Waals surface area contributed by atoms with Crippen LogP contribution in [0, 0.1) is 5.92 Å². The molecule has 0 fully saturated rings. The largest absolute Gasteiger partial charge is 0.444 e. The van der Waals surface area contributed by atoms with E-state index >= 15 is 0 Å². The first-order chi connectivity index (χ1) is 8.39. The highest BCUT2D eigenvalue weighted by Gasteiger charge is 2.16. The Bertz CT molecular complexity index is 269. The summed E-state index contributed by atoms with van der Waals surface area (Å²) in [6, 6.07) is 0. The summed E-state index contributed by atoms with van der Waals surface area (Å²) in [6.45, 7) is 9.55. The molecule has 4 heteroatoms. The molecule has 0 rings (SSSR count). The molecule has 0 aliphatic heterocycles. The number of alkyl carbamates (subject to hydrolysis) is 1. The molecule has 1 amide bonds. The molecule has 0 aliphatic carbocycles. The van der Waals surface area contributed by atoms with Gasteiger partial charge in [-0.2, -0.15) is 0 Å². The van der Waals surface area contributed by atoms with E-state index in [9.17, 15) is 9.59 Å². The van der Waals surface area contributed by atoms with E-state index < -0.39 is 11.7 Å². The summed E-state index contributed by atoms with van der Waals surface area (Å²) in [5.41, 5.74) is -0.488. The number of hydrogen-bond acceptors (Lipinski definition) is 3. The van der Waals surface area contributed by atoms with Gasteiger partial charge in [-0.25, -0.2) is 4.79 Å². The molecule has 4 nitrogen and oxygen atoms in total. The molecule has 0 aromatic rings. The lowest BCUT2D eigenvalue weighted by molar-refractivity contribution is -0.111. The summed E-state index contributed by atoms with van der Waals surface area (Å²) in [5, 5.41) is 2.65. The van der Waals surface area contributed by atoms with Gasteiger partial charge < -0.3 is 14.8 Å². The summed E-state index contributed by atoms with van der Waals surface area (Å²) in [7, 11) is 0. The van der Waals surface area contributed by atoms with E-state index in [1.807, 2.05) is 26.8 Å². The summed E-state index contributed by atoms with van der Waals surface area (Å²) >= 11 is 0. The van der Waals surface area contributed by atoms with Gasteiger partial charge in [-0.05, 0) is 46.5 Å². The quantitative estimate of drug-likeness (QED) is 0.412. The molecule has 0 aromatic carbocycles. The number of hydrogen-bond donors (Lipinski definition) is 1. The Morgan fingerprint density at radius 2 is 2.06 bits per heavy atom. The van der Waals surface area contributed by atoms with Gasteiger partial charge in [0.05, 0.1) is 0 Å². The molecule has 0 heterocycles. The normalized spacial score (nSPS) is 12.6. The Kier molecular flexibility index (Phi) is 8.08. The molecule has 0 saturated carbocycles. The number of unbranched alkanes of at least 4 members (excludes halogenated alkanes) is 1. The molecular formula is C14H25NO3. The van der Waals surface area contributed by atoms with Crippen molar-refractivity contribution in [3.8, 4) is 0 Å². The SMILES string of the molecule is C=CCCCC(C=O)CCNC(=O)OC(C)(C)C. The van der Waals surface area contributed by atoms with Crippen LogP contribution in [-0.4, -0.2) is 24.5 Å². The lowest BCUT2D eigenvalue weighted by Gasteiger charge is -2.20. The predicted octanol–water partition coefficient (Wildman–Crippen LogP) is 3.07. The van der Waals surface area contributed by atoms with Gasteiger partial charge in [0.2, 0.25) is 0 Å². The van der Waals surface area contributed by atoms with Gasteiger partial charge in [0, 0.05) is 12.5 Å². The van der Waals surface area contributed by atoms with Gasteiger partial charge in [0.1, 0.15) is 11.9 Å². The first-order valence-corrected chi connectivity index (χ1v) is 6.42. The summed E-state index contributed by atoms with van der Waals surface area (Å²) in [4.78, 5) is 22.2. The van der Waals surface area contributed by atoms with Crippen LogP contribution in [0.3, 0.4) is 0 Å². The highest BCUT2D eigenvalue weighted by atomic mass is 16.6. The van der Waals surface area contributed by atoms with Gasteiger partial charge in [-0.15, -0.1) is 6.58 Å². The topological polar surface area (TPSA) is 55.4 Å². The Morgan fingerprint density at radius 1 is 1.39 bits per heavy atom. The second-order valence-corrected chi connectivity index (χ2v) is 5.33. The maximum atomic E-state index is 11.4. The van der Waals surface area contributed by atoms with Crippen molar-refractivity contribution in [2.75, 3.05) is 6.54 Å². The van der Waals surface area contributed by atoms with Gasteiger partial charge >= 0.3 is 6.09 Å². The standard InChI is InChI=1S/C14H25NO3/c1-5-6-7-8-12(11-16)9-10-15-13(17)18-14(2,3)4/h5,11-12H,1,6-10H2,2-4H3,(H,15,17). The van der Waals surface area contributed by atoms with E-state index in [2.05, 4.69) is 11.9 Å². The lowest BCUT2D eigenvalue weighted by Crippen LogP contribution is -2.33. The molecule has 0 bridgehead atoms. The molecule has 0 radical (unpaired) electrons. The maximum absolute atomic E-state index is 11.4. The Hall–Kier alpha value is -1.32. The molecule has 0 aliphatic rings. The van der Waals surface area contributed by atoms with Gasteiger partial charge in [-0.3, -0.25) is 0 Å². The van der Waals surface area contributed by atoms with Gasteiger partial charge in [-0.1, -0.05) is 6.08 Å². The van der Waals surface area contributed by atoms with Crippen LogP contribution in [0.4, 0.5) is 4.79 Å². The summed E-state index contributed by atoms with van der Waals surface area (Å²) in [5.74, 6) is -0.000105. The zero-order valence-electron chi connectivity index (χ0n) is 11.7. The second kappa shape index (κ2) is 8.72. The van der Waals surface area contributed by atoms with E-state index in [-0.39, 0.29) is 5.92 Å². The summed E-state index contributed by atoms with van der Waals surface area (Å²) < 4.78 is 5.10. The zero-order chi connectivity index (χ0) is 14.0. The van der Waals surface area contributed by atoms with Crippen LogP contribution in [-0.2, 0) is 9.53 Å². The maximum Gasteiger partial charge on any atom is 0.407 e. The second-order valence-electron chi connectivity index (χ2n) is 5.33. The molecule has 0 spiro atoms. The first-order valence-electron chi connectivity index (χ1n) is 6.42. The van der Waals surface area contributed by atoms with Crippen LogP contribution < -0.4 is 5.32 Å². The number of nitrogens with one attached hydrogen (secondary N) is 1. The third kappa shape index (κ3) is 9.87. The number of ether oxygens (including phenoxy) is 1. The number of amides is 1. The Morgan fingerprint density at radius 3 is 2.56 bits per heavy atom. The Labute approximate surface area is 110 Å².